The van der Waals surface area contributed by atoms with Crippen LogP contribution in [0.2, 0.25) is 0 Å². The van der Waals surface area contributed by atoms with Crippen LogP contribution in [0, 0.1) is 13.8 Å². The van der Waals surface area contributed by atoms with Gasteiger partial charge in [-0.1, -0.05) is 0 Å². The molecule has 0 amide bonds. The Morgan fingerprint density at radius 3 is 2.31 bits per heavy atom. The summed E-state index contributed by atoms with van der Waals surface area (Å²) < 4.78 is 0. The molecule has 0 aliphatic heterocycles. The molecular formula is C12H20N2O2. The van der Waals surface area contributed by atoms with Crippen LogP contribution in [0.25, 0.3) is 0 Å². The molecule has 0 saturated carbocycles. The lowest BCUT2D eigenvalue weighted by Crippen LogP contribution is -2.23. The smallest absolute Gasteiger partial charge is 0.105 e. The fourth-order valence-electron chi connectivity index (χ4n) is 1.71. The van der Waals surface area contributed by atoms with Crippen LogP contribution in [-0.4, -0.2) is 34.9 Å². The van der Waals surface area contributed by atoms with Crippen molar-refractivity contribution in [2.75, 3.05) is 13.6 Å². The van der Waals surface area contributed by atoms with E-state index in [1.807, 2.05) is 20.9 Å². The van der Waals surface area contributed by atoms with Crippen LogP contribution in [0.4, 0.5) is 0 Å². The van der Waals surface area contributed by atoms with Crippen molar-refractivity contribution in [2.24, 2.45) is 0 Å². The molecular weight excluding hydrogens is 204 g/mol. The van der Waals surface area contributed by atoms with Crippen molar-refractivity contribution in [3.8, 4) is 0 Å². The highest BCUT2D eigenvalue weighted by Crippen LogP contribution is 2.19. The topological polar surface area (TPSA) is 65.4 Å². The second-order valence-electron chi connectivity index (χ2n) is 4.09. The molecule has 1 heterocycles. The van der Waals surface area contributed by atoms with E-state index in [0.29, 0.717) is 13.0 Å². The summed E-state index contributed by atoms with van der Waals surface area (Å²) in [6, 6.07) is 3.61. The Balaban J connectivity index is 2.74. The Morgan fingerprint density at radius 2 is 1.81 bits per heavy atom. The first-order valence-electron chi connectivity index (χ1n) is 5.50. The SMILES string of the molecule is CNCCC(O)C(O)c1cc(C)nc(C)c1. The molecule has 0 bridgehead atoms. The third-order valence-corrected chi connectivity index (χ3v) is 2.50. The lowest BCUT2D eigenvalue weighted by molar-refractivity contribution is 0.0139. The quantitative estimate of drug-likeness (QED) is 0.689. The molecule has 3 N–H and O–H groups in total. The van der Waals surface area contributed by atoms with Gasteiger partial charge < -0.3 is 15.5 Å². The molecule has 0 fully saturated rings. The molecule has 0 aliphatic carbocycles. The lowest BCUT2D eigenvalue weighted by Gasteiger charge is -2.18. The minimum Gasteiger partial charge on any atom is -0.390 e. The third-order valence-electron chi connectivity index (χ3n) is 2.50. The van der Waals surface area contributed by atoms with E-state index in [1.165, 1.54) is 0 Å². The zero-order chi connectivity index (χ0) is 12.1. The highest BCUT2D eigenvalue weighted by Gasteiger charge is 2.18. The first-order chi connectivity index (χ1) is 7.54. The predicted molar refractivity (Wildman–Crippen MR) is 63.2 cm³/mol. The van der Waals surface area contributed by atoms with E-state index in [2.05, 4.69) is 10.3 Å². The summed E-state index contributed by atoms with van der Waals surface area (Å²) in [5.41, 5.74) is 2.44. The minimum atomic E-state index is -0.839. The molecule has 1 rings (SSSR count). The molecule has 1 aromatic rings. The lowest BCUT2D eigenvalue weighted by atomic mass is 10.0. The van der Waals surface area contributed by atoms with Gasteiger partial charge in [0.05, 0.1) is 6.10 Å². The molecule has 2 unspecified atom stereocenters. The number of aliphatic hydroxyl groups is 2. The number of rotatable bonds is 5. The van der Waals surface area contributed by atoms with Crippen molar-refractivity contribution in [3.05, 3.63) is 29.1 Å². The fourth-order valence-corrected chi connectivity index (χ4v) is 1.71. The molecule has 0 spiro atoms. The zero-order valence-corrected chi connectivity index (χ0v) is 10.1. The maximum atomic E-state index is 9.96. The van der Waals surface area contributed by atoms with Crippen LogP contribution in [0.5, 0.6) is 0 Å². The van der Waals surface area contributed by atoms with Gasteiger partial charge in [-0.2, -0.15) is 0 Å². The molecule has 4 nitrogen and oxygen atoms in total. The van der Waals surface area contributed by atoms with E-state index < -0.39 is 12.2 Å². The number of hydrogen-bond acceptors (Lipinski definition) is 4. The predicted octanol–water partition coefficient (Wildman–Crippen LogP) is 0.702. The molecule has 0 aliphatic rings. The van der Waals surface area contributed by atoms with Gasteiger partial charge in [0.15, 0.2) is 0 Å². The molecule has 0 aromatic carbocycles. The monoisotopic (exact) mass is 224 g/mol. The van der Waals surface area contributed by atoms with Crippen LogP contribution >= 0.6 is 0 Å². The van der Waals surface area contributed by atoms with E-state index in [1.54, 1.807) is 12.1 Å². The first kappa shape index (κ1) is 13.1. The Hall–Kier alpha value is -0.970. The van der Waals surface area contributed by atoms with Gasteiger partial charge in [-0.15, -0.1) is 0 Å². The second-order valence-corrected chi connectivity index (χ2v) is 4.09. The number of aromatic nitrogens is 1. The van der Waals surface area contributed by atoms with Crippen molar-refractivity contribution in [1.82, 2.24) is 10.3 Å². The standard InChI is InChI=1S/C12H20N2O2/c1-8-6-10(7-9(2)14-8)12(16)11(15)4-5-13-3/h6-7,11-13,15-16H,4-5H2,1-3H3. The zero-order valence-electron chi connectivity index (χ0n) is 10.1. The van der Waals surface area contributed by atoms with Crippen molar-refractivity contribution < 1.29 is 10.2 Å². The van der Waals surface area contributed by atoms with Crippen LogP contribution in [0.3, 0.4) is 0 Å². The third kappa shape index (κ3) is 3.56. The van der Waals surface area contributed by atoms with E-state index in [9.17, 15) is 10.2 Å². The minimum absolute atomic E-state index is 0.526. The number of hydrogen-bond donors (Lipinski definition) is 3. The van der Waals surface area contributed by atoms with E-state index in [4.69, 9.17) is 0 Å². The van der Waals surface area contributed by atoms with E-state index >= 15 is 0 Å². The van der Waals surface area contributed by atoms with Gasteiger partial charge in [0.1, 0.15) is 6.10 Å². The van der Waals surface area contributed by atoms with E-state index in [0.717, 1.165) is 17.0 Å². The van der Waals surface area contributed by atoms with Crippen LogP contribution in [-0.2, 0) is 0 Å². The average molecular weight is 224 g/mol. The number of aryl methyl sites for hydroxylation is 2. The molecule has 0 saturated heterocycles. The number of nitrogens with zero attached hydrogens (tertiary/aromatic N) is 1. The average Bonchev–Trinajstić information content (AvgIpc) is 2.23. The summed E-state index contributed by atoms with van der Waals surface area (Å²) in [7, 11) is 1.82. The summed E-state index contributed by atoms with van der Waals surface area (Å²) >= 11 is 0. The van der Waals surface area contributed by atoms with Gasteiger partial charge in [0.2, 0.25) is 0 Å². The Kier molecular flexibility index (Phi) is 4.86. The Labute approximate surface area is 96.3 Å². The molecule has 2 atom stereocenters. The summed E-state index contributed by atoms with van der Waals surface area (Å²) in [5.74, 6) is 0. The molecule has 4 heteroatoms. The Morgan fingerprint density at radius 1 is 1.25 bits per heavy atom. The van der Waals surface area contributed by atoms with Crippen molar-refractivity contribution >= 4 is 0 Å². The maximum Gasteiger partial charge on any atom is 0.105 e. The van der Waals surface area contributed by atoms with Crippen molar-refractivity contribution in [1.29, 1.82) is 0 Å². The molecule has 1 aromatic heterocycles. The van der Waals surface area contributed by atoms with Gasteiger partial charge in [-0.25, -0.2) is 0 Å². The highest BCUT2D eigenvalue weighted by molar-refractivity contribution is 5.23. The van der Waals surface area contributed by atoms with Crippen LogP contribution in [0.15, 0.2) is 12.1 Å². The van der Waals surface area contributed by atoms with Gasteiger partial charge in [0.25, 0.3) is 0 Å². The number of aliphatic hydroxyl groups excluding tert-OH is 2. The number of nitrogens with one attached hydrogen (secondary N) is 1. The summed E-state index contributed by atoms with van der Waals surface area (Å²) in [4.78, 5) is 4.23. The van der Waals surface area contributed by atoms with Crippen LogP contribution in [0.1, 0.15) is 29.5 Å². The highest BCUT2D eigenvalue weighted by atomic mass is 16.3. The maximum absolute atomic E-state index is 9.96. The molecule has 0 radical (unpaired) electrons. The van der Waals surface area contributed by atoms with Gasteiger partial charge in [-0.3, -0.25) is 4.98 Å². The molecule has 90 valence electrons. The largest absolute Gasteiger partial charge is 0.390 e. The van der Waals surface area contributed by atoms with Crippen LogP contribution < -0.4 is 5.32 Å². The fraction of sp³-hybridized carbons (Fsp3) is 0.583. The normalized spacial score (nSPS) is 14.8. The summed E-state index contributed by atoms with van der Waals surface area (Å²) in [6.07, 6.45) is -1.06. The van der Waals surface area contributed by atoms with Gasteiger partial charge in [0, 0.05) is 11.4 Å². The van der Waals surface area contributed by atoms with Crippen molar-refractivity contribution in [3.63, 3.8) is 0 Å². The van der Waals surface area contributed by atoms with Gasteiger partial charge >= 0.3 is 0 Å². The first-order valence-corrected chi connectivity index (χ1v) is 5.50. The Bertz CT molecular complexity index is 322. The van der Waals surface area contributed by atoms with Gasteiger partial charge in [-0.05, 0) is 51.6 Å². The molecule has 16 heavy (non-hydrogen) atoms. The van der Waals surface area contributed by atoms with Crippen molar-refractivity contribution in [2.45, 2.75) is 32.5 Å². The second kappa shape index (κ2) is 5.94. The summed E-state index contributed by atoms with van der Waals surface area (Å²) in [5, 5.41) is 22.7. The summed E-state index contributed by atoms with van der Waals surface area (Å²) in [6.45, 7) is 4.44. The number of pyridine rings is 1. The van der Waals surface area contributed by atoms with E-state index in [-0.39, 0.29) is 0 Å².